The van der Waals surface area contributed by atoms with E-state index in [1.807, 2.05) is 17.8 Å². The molecular formula is C14H20FNOS. The summed E-state index contributed by atoms with van der Waals surface area (Å²) in [6, 6.07) is 5.90. The summed E-state index contributed by atoms with van der Waals surface area (Å²) in [5.74, 6) is 2.44. The van der Waals surface area contributed by atoms with E-state index in [4.69, 9.17) is 4.74 Å². The number of ether oxygens (including phenoxy) is 1. The Morgan fingerprint density at radius 2 is 2.33 bits per heavy atom. The first-order valence-corrected chi connectivity index (χ1v) is 7.53. The second-order valence-corrected chi connectivity index (χ2v) is 5.85. The molecule has 0 bridgehead atoms. The number of thioether (sulfide) groups is 1. The highest BCUT2D eigenvalue weighted by molar-refractivity contribution is 7.99. The Balaban J connectivity index is 1.99. The van der Waals surface area contributed by atoms with Crippen LogP contribution in [0.3, 0.4) is 0 Å². The molecule has 100 valence electrons. The summed E-state index contributed by atoms with van der Waals surface area (Å²) < 4.78 is 18.6. The van der Waals surface area contributed by atoms with E-state index < -0.39 is 0 Å². The fourth-order valence-electron chi connectivity index (χ4n) is 2.27. The average Bonchev–Trinajstić information content (AvgIpc) is 2.39. The summed E-state index contributed by atoms with van der Waals surface area (Å²) >= 11 is 1.99. The van der Waals surface area contributed by atoms with Crippen LogP contribution in [0.1, 0.15) is 31.4 Å². The average molecular weight is 269 g/mol. The normalized spacial score (nSPS) is 21.6. The van der Waals surface area contributed by atoms with Crippen LogP contribution in [0, 0.1) is 5.82 Å². The fraction of sp³-hybridized carbons (Fsp3) is 0.571. The van der Waals surface area contributed by atoms with Crippen LogP contribution in [0.5, 0.6) is 5.75 Å². The van der Waals surface area contributed by atoms with E-state index >= 15 is 0 Å². The zero-order chi connectivity index (χ0) is 13.0. The van der Waals surface area contributed by atoms with Gasteiger partial charge in [0.1, 0.15) is 0 Å². The van der Waals surface area contributed by atoms with Crippen molar-refractivity contribution in [2.45, 2.75) is 31.8 Å². The third-order valence-corrected chi connectivity index (χ3v) is 4.54. The minimum absolute atomic E-state index is 0.175. The van der Waals surface area contributed by atoms with Crippen molar-refractivity contribution in [2.75, 3.05) is 18.6 Å². The van der Waals surface area contributed by atoms with Crippen LogP contribution in [0.25, 0.3) is 0 Å². The highest BCUT2D eigenvalue weighted by atomic mass is 32.2. The Labute approximate surface area is 112 Å². The maximum absolute atomic E-state index is 13.6. The van der Waals surface area contributed by atoms with Gasteiger partial charge in [0.25, 0.3) is 0 Å². The van der Waals surface area contributed by atoms with Crippen molar-refractivity contribution in [3.8, 4) is 5.75 Å². The lowest BCUT2D eigenvalue weighted by molar-refractivity contribution is 0.385. The topological polar surface area (TPSA) is 21.3 Å². The molecule has 0 saturated carbocycles. The second kappa shape index (κ2) is 6.43. The molecule has 0 amide bonds. The van der Waals surface area contributed by atoms with Gasteiger partial charge in [0.05, 0.1) is 7.11 Å². The van der Waals surface area contributed by atoms with Gasteiger partial charge in [-0.05, 0) is 43.2 Å². The molecule has 2 rings (SSSR count). The highest BCUT2D eigenvalue weighted by Gasteiger charge is 2.17. The van der Waals surface area contributed by atoms with Crippen LogP contribution in [-0.4, -0.2) is 24.7 Å². The van der Waals surface area contributed by atoms with E-state index in [1.54, 1.807) is 12.1 Å². The quantitative estimate of drug-likeness (QED) is 0.905. The van der Waals surface area contributed by atoms with E-state index in [0.29, 0.717) is 11.8 Å². The van der Waals surface area contributed by atoms with Gasteiger partial charge >= 0.3 is 0 Å². The lowest BCUT2D eigenvalue weighted by Crippen LogP contribution is -2.35. The maximum atomic E-state index is 13.6. The zero-order valence-corrected chi connectivity index (χ0v) is 11.7. The van der Waals surface area contributed by atoms with Gasteiger partial charge in [0.2, 0.25) is 0 Å². The van der Waals surface area contributed by atoms with Crippen molar-refractivity contribution in [1.82, 2.24) is 5.32 Å². The molecule has 0 radical (unpaired) electrons. The van der Waals surface area contributed by atoms with Crippen molar-refractivity contribution in [2.24, 2.45) is 0 Å². The number of methoxy groups -OCH3 is 1. The molecule has 1 aliphatic rings. The van der Waals surface area contributed by atoms with Gasteiger partial charge in [-0.1, -0.05) is 6.07 Å². The Hall–Kier alpha value is -0.740. The Bertz CT molecular complexity index is 393. The molecular weight excluding hydrogens is 249 g/mol. The molecule has 1 fully saturated rings. The molecule has 4 heteroatoms. The van der Waals surface area contributed by atoms with Crippen LogP contribution in [0.4, 0.5) is 4.39 Å². The second-order valence-electron chi connectivity index (χ2n) is 4.70. The molecule has 0 spiro atoms. The molecule has 1 saturated heterocycles. The van der Waals surface area contributed by atoms with E-state index in [1.165, 1.54) is 25.7 Å². The summed E-state index contributed by atoms with van der Waals surface area (Å²) in [5, 5.41) is 3.57. The summed E-state index contributed by atoms with van der Waals surface area (Å²) in [7, 11) is 1.49. The van der Waals surface area contributed by atoms with Crippen molar-refractivity contribution in [1.29, 1.82) is 0 Å². The first-order chi connectivity index (χ1) is 8.70. The monoisotopic (exact) mass is 269 g/mol. The van der Waals surface area contributed by atoms with Crippen molar-refractivity contribution < 1.29 is 9.13 Å². The van der Waals surface area contributed by atoms with E-state index in [9.17, 15) is 4.39 Å². The Morgan fingerprint density at radius 3 is 2.94 bits per heavy atom. The number of halogens is 1. The first-order valence-electron chi connectivity index (χ1n) is 6.38. The minimum atomic E-state index is -0.290. The highest BCUT2D eigenvalue weighted by Crippen LogP contribution is 2.24. The Kier molecular flexibility index (Phi) is 4.89. The molecule has 2 unspecified atom stereocenters. The van der Waals surface area contributed by atoms with Crippen LogP contribution in [0.15, 0.2) is 18.2 Å². The summed E-state index contributed by atoms with van der Waals surface area (Å²) in [4.78, 5) is 0. The van der Waals surface area contributed by atoms with Crippen molar-refractivity contribution in [3.05, 3.63) is 29.6 Å². The number of benzene rings is 1. The molecule has 1 heterocycles. The van der Waals surface area contributed by atoms with Gasteiger partial charge in [-0.25, -0.2) is 4.39 Å². The summed E-state index contributed by atoms with van der Waals surface area (Å²) in [6.07, 6.45) is 2.49. The number of hydrogen-bond donors (Lipinski definition) is 1. The molecule has 1 N–H and O–H groups in total. The first kappa shape index (κ1) is 13.7. The van der Waals surface area contributed by atoms with Gasteiger partial charge in [-0.3, -0.25) is 0 Å². The SMILES string of the molecule is COc1ccc(C(C)NC2CCCSC2)cc1F. The molecule has 18 heavy (non-hydrogen) atoms. The minimum Gasteiger partial charge on any atom is -0.494 e. The van der Waals surface area contributed by atoms with E-state index in [-0.39, 0.29) is 11.9 Å². The summed E-state index contributed by atoms with van der Waals surface area (Å²) in [6.45, 7) is 2.08. The van der Waals surface area contributed by atoms with Crippen LogP contribution < -0.4 is 10.1 Å². The molecule has 0 aromatic heterocycles. The zero-order valence-electron chi connectivity index (χ0n) is 10.9. The summed E-state index contributed by atoms with van der Waals surface area (Å²) in [5.41, 5.74) is 0.976. The lowest BCUT2D eigenvalue weighted by Gasteiger charge is -2.26. The lowest BCUT2D eigenvalue weighted by atomic mass is 10.1. The van der Waals surface area contributed by atoms with Gasteiger partial charge in [-0.15, -0.1) is 0 Å². The maximum Gasteiger partial charge on any atom is 0.165 e. The van der Waals surface area contributed by atoms with Crippen molar-refractivity contribution in [3.63, 3.8) is 0 Å². The molecule has 1 aromatic carbocycles. The molecule has 2 atom stereocenters. The van der Waals surface area contributed by atoms with Crippen LogP contribution in [0.2, 0.25) is 0 Å². The molecule has 2 nitrogen and oxygen atoms in total. The predicted molar refractivity (Wildman–Crippen MR) is 74.8 cm³/mol. The van der Waals surface area contributed by atoms with Gasteiger partial charge in [-0.2, -0.15) is 11.8 Å². The van der Waals surface area contributed by atoms with E-state index in [2.05, 4.69) is 12.2 Å². The standard InChI is InChI=1S/C14H20FNOS/c1-10(16-12-4-3-7-18-9-12)11-5-6-14(17-2)13(15)8-11/h5-6,8,10,12,16H,3-4,7,9H2,1-2H3. The largest absolute Gasteiger partial charge is 0.494 e. The Morgan fingerprint density at radius 1 is 1.50 bits per heavy atom. The fourth-order valence-corrected chi connectivity index (χ4v) is 3.36. The molecule has 1 aromatic rings. The molecule has 0 aliphatic carbocycles. The third-order valence-electron chi connectivity index (χ3n) is 3.32. The van der Waals surface area contributed by atoms with Crippen molar-refractivity contribution >= 4 is 11.8 Å². The number of hydrogen-bond acceptors (Lipinski definition) is 3. The third kappa shape index (κ3) is 3.39. The smallest absolute Gasteiger partial charge is 0.165 e. The van der Waals surface area contributed by atoms with Gasteiger partial charge < -0.3 is 10.1 Å². The van der Waals surface area contributed by atoms with Crippen LogP contribution >= 0.6 is 11.8 Å². The number of rotatable bonds is 4. The van der Waals surface area contributed by atoms with Gasteiger partial charge in [0, 0.05) is 17.8 Å². The predicted octanol–water partition coefficient (Wildman–Crippen LogP) is 3.38. The van der Waals surface area contributed by atoms with E-state index in [0.717, 1.165) is 11.3 Å². The van der Waals surface area contributed by atoms with Crippen LogP contribution in [-0.2, 0) is 0 Å². The number of nitrogens with one attached hydrogen (secondary N) is 1. The molecule has 1 aliphatic heterocycles. The van der Waals surface area contributed by atoms with Gasteiger partial charge in [0.15, 0.2) is 11.6 Å².